The Bertz CT molecular complexity index is 1480. The fourth-order valence-electron chi connectivity index (χ4n) is 4.29. The van der Waals surface area contributed by atoms with E-state index in [2.05, 4.69) is 5.32 Å². The van der Waals surface area contributed by atoms with Gasteiger partial charge in [0.1, 0.15) is 31.6 Å². The molecule has 0 bridgehead atoms. The molecule has 1 aliphatic rings. The standard InChI is InChI=1S/C30H34FN3O6S/c1-4-21(2)32-30(36)22(3)33(19-23-10-8-9-13-26(23)31)29(35)20-34(41(37,38)25-11-6-5-7-12-25)24-14-15-27-28(18-24)40-17-16-39-27/h5-15,18,21-22H,4,16-17,19-20H2,1-3H3,(H,32,36). The Labute approximate surface area is 239 Å². The van der Waals surface area contributed by atoms with Crippen LogP contribution in [0.2, 0.25) is 0 Å². The van der Waals surface area contributed by atoms with E-state index in [0.29, 0.717) is 31.1 Å². The Morgan fingerprint density at radius 2 is 1.61 bits per heavy atom. The molecule has 0 fully saturated rings. The number of halogens is 1. The molecule has 0 saturated heterocycles. The number of hydrogen-bond acceptors (Lipinski definition) is 6. The van der Waals surface area contributed by atoms with Crippen LogP contribution in [0.5, 0.6) is 11.5 Å². The molecule has 0 spiro atoms. The van der Waals surface area contributed by atoms with Crippen molar-refractivity contribution in [3.8, 4) is 11.5 Å². The van der Waals surface area contributed by atoms with Crippen molar-refractivity contribution < 1.29 is 31.9 Å². The largest absolute Gasteiger partial charge is 0.486 e. The first-order chi connectivity index (χ1) is 19.6. The Balaban J connectivity index is 1.73. The lowest BCUT2D eigenvalue weighted by molar-refractivity contribution is -0.139. The van der Waals surface area contributed by atoms with Crippen LogP contribution >= 0.6 is 0 Å². The lowest BCUT2D eigenvalue weighted by Gasteiger charge is -2.32. The van der Waals surface area contributed by atoms with Gasteiger partial charge >= 0.3 is 0 Å². The number of carbonyl (C=O) groups is 2. The van der Waals surface area contributed by atoms with Gasteiger partial charge in [-0.15, -0.1) is 0 Å². The zero-order valence-corrected chi connectivity index (χ0v) is 24.1. The van der Waals surface area contributed by atoms with Crippen LogP contribution in [0.15, 0.2) is 77.7 Å². The molecule has 1 N–H and O–H groups in total. The van der Waals surface area contributed by atoms with Gasteiger partial charge in [-0.2, -0.15) is 0 Å². The molecule has 0 aliphatic carbocycles. The van der Waals surface area contributed by atoms with E-state index in [1.165, 1.54) is 54.3 Å². The molecule has 3 aromatic rings. The highest BCUT2D eigenvalue weighted by atomic mass is 32.2. The van der Waals surface area contributed by atoms with Gasteiger partial charge in [-0.3, -0.25) is 13.9 Å². The number of fused-ring (bicyclic) bond motifs is 1. The topological polar surface area (TPSA) is 105 Å². The van der Waals surface area contributed by atoms with Gasteiger partial charge in [-0.25, -0.2) is 12.8 Å². The Morgan fingerprint density at radius 3 is 2.29 bits per heavy atom. The summed E-state index contributed by atoms with van der Waals surface area (Å²) in [6, 6.07) is 17.1. The van der Waals surface area contributed by atoms with Crippen molar-refractivity contribution in [3.63, 3.8) is 0 Å². The molecule has 2 amide bonds. The molecule has 0 radical (unpaired) electrons. The van der Waals surface area contributed by atoms with E-state index in [0.717, 1.165) is 4.31 Å². The van der Waals surface area contributed by atoms with Crippen LogP contribution in [0.25, 0.3) is 0 Å². The molecule has 3 aromatic carbocycles. The average Bonchev–Trinajstić information content (AvgIpc) is 2.99. The van der Waals surface area contributed by atoms with E-state index < -0.39 is 40.2 Å². The molecule has 1 heterocycles. The molecule has 1 aliphatic heterocycles. The van der Waals surface area contributed by atoms with E-state index in [1.54, 1.807) is 30.3 Å². The van der Waals surface area contributed by atoms with Gasteiger partial charge in [0.2, 0.25) is 11.8 Å². The average molecular weight is 584 g/mol. The quantitative estimate of drug-likeness (QED) is 0.364. The number of rotatable bonds is 11. The third-order valence-electron chi connectivity index (χ3n) is 6.89. The summed E-state index contributed by atoms with van der Waals surface area (Å²) in [5.74, 6) is -0.852. The lowest BCUT2D eigenvalue weighted by Crippen LogP contribution is -2.52. The summed E-state index contributed by atoms with van der Waals surface area (Å²) in [5, 5.41) is 2.85. The highest BCUT2D eigenvalue weighted by molar-refractivity contribution is 7.92. The number of sulfonamides is 1. The number of carbonyl (C=O) groups excluding carboxylic acids is 2. The Kier molecular flexibility index (Phi) is 9.49. The monoisotopic (exact) mass is 583 g/mol. The van der Waals surface area contributed by atoms with E-state index in [4.69, 9.17) is 9.47 Å². The third kappa shape index (κ3) is 6.97. The molecule has 2 unspecified atom stereocenters. The lowest BCUT2D eigenvalue weighted by atomic mass is 10.1. The summed E-state index contributed by atoms with van der Waals surface area (Å²) in [7, 11) is -4.24. The molecular formula is C30H34FN3O6S. The SMILES string of the molecule is CCC(C)NC(=O)C(C)N(Cc1ccccc1F)C(=O)CN(c1ccc2c(c1)OCCO2)S(=O)(=O)c1ccccc1. The summed E-state index contributed by atoms with van der Waals surface area (Å²) in [4.78, 5) is 28.3. The summed E-state index contributed by atoms with van der Waals surface area (Å²) in [5.41, 5.74) is 0.370. The summed E-state index contributed by atoms with van der Waals surface area (Å²) in [6.07, 6.45) is 0.674. The van der Waals surface area contributed by atoms with E-state index in [9.17, 15) is 22.4 Å². The van der Waals surface area contributed by atoms with E-state index in [-0.39, 0.29) is 28.7 Å². The maximum atomic E-state index is 14.7. The van der Waals surface area contributed by atoms with Crippen LogP contribution in [0.3, 0.4) is 0 Å². The fraction of sp³-hybridized carbons (Fsp3) is 0.333. The Hall–Kier alpha value is -4.12. The van der Waals surface area contributed by atoms with Crippen molar-refractivity contribution >= 4 is 27.5 Å². The smallest absolute Gasteiger partial charge is 0.264 e. The van der Waals surface area contributed by atoms with Crippen LogP contribution in [0, 0.1) is 5.82 Å². The predicted molar refractivity (Wildman–Crippen MR) is 153 cm³/mol. The van der Waals surface area contributed by atoms with Crippen molar-refractivity contribution in [1.29, 1.82) is 0 Å². The first-order valence-corrected chi connectivity index (χ1v) is 14.9. The number of benzene rings is 3. The van der Waals surface area contributed by atoms with Crippen molar-refractivity contribution in [3.05, 3.63) is 84.2 Å². The second kappa shape index (κ2) is 13.0. The number of ether oxygens (including phenoxy) is 2. The normalized spacial score (nSPS) is 14.0. The highest BCUT2D eigenvalue weighted by Gasteiger charge is 2.33. The van der Waals surface area contributed by atoms with Gasteiger partial charge < -0.3 is 19.7 Å². The third-order valence-corrected chi connectivity index (χ3v) is 8.68. The number of nitrogens with zero attached hydrogens (tertiary/aromatic N) is 2. The van der Waals surface area contributed by atoms with Crippen LogP contribution in [-0.2, 0) is 26.2 Å². The summed E-state index contributed by atoms with van der Waals surface area (Å²) in [6.45, 7) is 5.06. The van der Waals surface area contributed by atoms with E-state index >= 15 is 0 Å². The number of hydrogen-bond donors (Lipinski definition) is 1. The molecular weight excluding hydrogens is 549 g/mol. The minimum atomic E-state index is -4.24. The van der Waals surface area contributed by atoms with Crippen molar-refractivity contribution in [2.45, 2.75) is 50.7 Å². The Morgan fingerprint density at radius 1 is 0.951 bits per heavy atom. The number of nitrogens with one attached hydrogen (secondary N) is 1. The minimum absolute atomic E-state index is 0.0223. The van der Waals surface area contributed by atoms with Gasteiger partial charge in [-0.05, 0) is 50.6 Å². The second-order valence-corrected chi connectivity index (χ2v) is 11.6. The van der Waals surface area contributed by atoms with Crippen molar-refractivity contribution in [2.75, 3.05) is 24.1 Å². The molecule has 0 saturated carbocycles. The van der Waals surface area contributed by atoms with Crippen molar-refractivity contribution in [2.24, 2.45) is 0 Å². The molecule has 2 atom stereocenters. The molecule has 11 heteroatoms. The zero-order chi connectivity index (χ0) is 29.6. The van der Waals surface area contributed by atoms with Crippen LogP contribution in [0.1, 0.15) is 32.8 Å². The van der Waals surface area contributed by atoms with Crippen LogP contribution in [0.4, 0.5) is 10.1 Å². The van der Waals surface area contributed by atoms with Crippen molar-refractivity contribution in [1.82, 2.24) is 10.2 Å². The van der Waals surface area contributed by atoms with Gasteiger partial charge in [-0.1, -0.05) is 43.3 Å². The summed E-state index contributed by atoms with van der Waals surface area (Å²) >= 11 is 0. The second-order valence-electron chi connectivity index (χ2n) is 9.76. The van der Waals surface area contributed by atoms with Gasteiger partial charge in [0, 0.05) is 24.2 Å². The maximum Gasteiger partial charge on any atom is 0.264 e. The fourth-order valence-corrected chi connectivity index (χ4v) is 5.72. The molecule has 9 nitrogen and oxygen atoms in total. The predicted octanol–water partition coefficient (Wildman–Crippen LogP) is 4.12. The molecule has 218 valence electrons. The maximum absolute atomic E-state index is 14.7. The molecule has 41 heavy (non-hydrogen) atoms. The minimum Gasteiger partial charge on any atom is -0.486 e. The zero-order valence-electron chi connectivity index (χ0n) is 23.2. The van der Waals surface area contributed by atoms with Gasteiger partial charge in [0.05, 0.1) is 10.6 Å². The first-order valence-electron chi connectivity index (χ1n) is 13.4. The van der Waals surface area contributed by atoms with Gasteiger partial charge in [0.25, 0.3) is 10.0 Å². The summed E-state index contributed by atoms with van der Waals surface area (Å²) < 4.78 is 54.7. The van der Waals surface area contributed by atoms with Crippen LogP contribution in [-0.4, -0.2) is 57.0 Å². The molecule has 0 aromatic heterocycles. The number of amides is 2. The van der Waals surface area contributed by atoms with E-state index in [1.807, 2.05) is 13.8 Å². The molecule has 4 rings (SSSR count). The van der Waals surface area contributed by atoms with Crippen LogP contribution < -0.4 is 19.1 Å². The highest BCUT2D eigenvalue weighted by Crippen LogP contribution is 2.36. The number of anilines is 1. The first kappa shape index (κ1) is 29.9. The van der Waals surface area contributed by atoms with Gasteiger partial charge in [0.15, 0.2) is 11.5 Å².